The molecule has 0 unspecified atom stereocenters. The van der Waals surface area contributed by atoms with E-state index in [0.29, 0.717) is 49.1 Å². The Morgan fingerprint density at radius 3 is 2.38 bits per heavy atom. The zero-order valence-electron chi connectivity index (χ0n) is 21.7. The standard InChI is InChI=1S/C29H31N5O4S/c1-2-39(37,38)34-13-9-21(10-14-34)26-18-32-27-24(26)15-23(16-25(27)28(30)35)20-5-3-19(4-6-20)17-33-29(36)22-7-11-31-12-8-22/h3-8,11-12,15-16,18,21,32H,2,9-10,13-14,17H2,1H3,(H2,30,35)(H,33,36). The molecule has 3 heterocycles. The molecule has 5 rings (SSSR count). The number of aromatic amines is 1. The second kappa shape index (κ2) is 11.0. The van der Waals surface area contributed by atoms with Crippen molar-refractivity contribution in [2.75, 3.05) is 18.8 Å². The number of aromatic nitrogens is 2. The lowest BCUT2D eigenvalue weighted by Crippen LogP contribution is -2.38. The molecule has 0 bridgehead atoms. The number of benzene rings is 2. The Labute approximate surface area is 227 Å². The Morgan fingerprint density at radius 1 is 1.05 bits per heavy atom. The van der Waals surface area contributed by atoms with Crippen LogP contribution in [0.25, 0.3) is 22.0 Å². The molecule has 1 fully saturated rings. The van der Waals surface area contributed by atoms with E-state index in [1.807, 2.05) is 30.5 Å². The third-order valence-corrected chi connectivity index (χ3v) is 9.30. The largest absolute Gasteiger partial charge is 0.366 e. The zero-order valence-corrected chi connectivity index (χ0v) is 22.5. The smallest absolute Gasteiger partial charge is 0.251 e. The number of amides is 2. The average molecular weight is 546 g/mol. The highest BCUT2D eigenvalue weighted by molar-refractivity contribution is 7.89. The van der Waals surface area contributed by atoms with E-state index in [1.165, 1.54) is 0 Å². The first-order valence-corrected chi connectivity index (χ1v) is 14.6. The fraction of sp³-hybridized carbons (Fsp3) is 0.276. The number of piperidine rings is 1. The third-order valence-electron chi connectivity index (χ3n) is 7.42. The fourth-order valence-electron chi connectivity index (χ4n) is 5.18. The van der Waals surface area contributed by atoms with Gasteiger partial charge in [0, 0.05) is 49.2 Å². The van der Waals surface area contributed by atoms with Crippen LogP contribution in [0.2, 0.25) is 0 Å². The quantitative estimate of drug-likeness (QED) is 0.309. The number of carbonyl (C=O) groups is 2. The van der Waals surface area contributed by atoms with Crippen LogP contribution >= 0.6 is 0 Å². The van der Waals surface area contributed by atoms with Crippen molar-refractivity contribution in [2.45, 2.75) is 32.2 Å². The van der Waals surface area contributed by atoms with Crippen LogP contribution in [0, 0.1) is 0 Å². The normalized spacial score (nSPS) is 14.9. The number of H-pyrrole nitrogens is 1. The van der Waals surface area contributed by atoms with Crippen molar-refractivity contribution < 1.29 is 18.0 Å². The van der Waals surface area contributed by atoms with Gasteiger partial charge in [-0.1, -0.05) is 24.3 Å². The Morgan fingerprint density at radius 2 is 1.74 bits per heavy atom. The van der Waals surface area contributed by atoms with Crippen molar-refractivity contribution in [2.24, 2.45) is 5.73 Å². The van der Waals surface area contributed by atoms with Gasteiger partial charge in [0.2, 0.25) is 10.0 Å². The van der Waals surface area contributed by atoms with E-state index in [2.05, 4.69) is 21.4 Å². The number of fused-ring (bicyclic) bond motifs is 1. The molecule has 4 N–H and O–H groups in total. The first-order chi connectivity index (χ1) is 18.8. The van der Waals surface area contributed by atoms with Crippen LogP contribution in [-0.2, 0) is 16.6 Å². The molecule has 0 radical (unpaired) electrons. The molecule has 1 aliphatic rings. The van der Waals surface area contributed by atoms with Gasteiger partial charge in [-0.25, -0.2) is 12.7 Å². The van der Waals surface area contributed by atoms with E-state index < -0.39 is 15.9 Å². The van der Waals surface area contributed by atoms with Gasteiger partial charge in [0.05, 0.1) is 16.8 Å². The highest BCUT2D eigenvalue weighted by atomic mass is 32.2. The minimum Gasteiger partial charge on any atom is -0.366 e. The van der Waals surface area contributed by atoms with E-state index in [-0.39, 0.29) is 17.6 Å². The molecule has 0 atom stereocenters. The number of rotatable bonds is 8. The van der Waals surface area contributed by atoms with Gasteiger partial charge in [-0.2, -0.15) is 0 Å². The van der Waals surface area contributed by atoms with Crippen molar-refractivity contribution in [1.82, 2.24) is 19.6 Å². The predicted molar refractivity (Wildman–Crippen MR) is 151 cm³/mol. The maximum Gasteiger partial charge on any atom is 0.251 e. The first-order valence-electron chi connectivity index (χ1n) is 13.0. The zero-order chi connectivity index (χ0) is 27.6. The summed E-state index contributed by atoms with van der Waals surface area (Å²) in [6.45, 7) is 3.00. The van der Waals surface area contributed by atoms with E-state index in [0.717, 1.165) is 27.6 Å². The number of pyridine rings is 1. The van der Waals surface area contributed by atoms with Crippen molar-refractivity contribution in [3.8, 4) is 11.1 Å². The molecule has 202 valence electrons. The van der Waals surface area contributed by atoms with Crippen LogP contribution in [0.4, 0.5) is 0 Å². The molecule has 10 heteroatoms. The lowest BCUT2D eigenvalue weighted by atomic mass is 9.88. The first kappa shape index (κ1) is 26.6. The molecule has 9 nitrogen and oxygen atoms in total. The Balaban J connectivity index is 1.38. The molecule has 0 saturated carbocycles. The summed E-state index contributed by atoms with van der Waals surface area (Å²) < 4.78 is 26.1. The molecule has 1 aliphatic heterocycles. The Bertz CT molecular complexity index is 1610. The lowest BCUT2D eigenvalue weighted by Gasteiger charge is -2.31. The van der Waals surface area contributed by atoms with Gasteiger partial charge in [0.1, 0.15) is 0 Å². The molecular weight excluding hydrogens is 514 g/mol. The second-order valence-electron chi connectivity index (χ2n) is 9.74. The van der Waals surface area contributed by atoms with Gasteiger partial charge in [-0.3, -0.25) is 14.6 Å². The van der Waals surface area contributed by atoms with Gasteiger partial charge >= 0.3 is 0 Å². The Hall–Kier alpha value is -4.02. The van der Waals surface area contributed by atoms with Crippen LogP contribution in [0.15, 0.2) is 67.1 Å². The summed E-state index contributed by atoms with van der Waals surface area (Å²) in [4.78, 5) is 31.9. The Kier molecular flexibility index (Phi) is 7.49. The topological polar surface area (TPSA) is 138 Å². The van der Waals surface area contributed by atoms with Crippen molar-refractivity contribution in [3.63, 3.8) is 0 Å². The van der Waals surface area contributed by atoms with Gasteiger partial charge in [0.25, 0.3) is 11.8 Å². The molecule has 1 saturated heterocycles. The summed E-state index contributed by atoms with van der Waals surface area (Å²) in [5, 5.41) is 3.83. The third kappa shape index (κ3) is 5.57. The van der Waals surface area contributed by atoms with Crippen LogP contribution in [0.1, 0.15) is 57.5 Å². The molecule has 2 amide bonds. The number of nitrogens with one attached hydrogen (secondary N) is 2. The number of nitrogens with zero attached hydrogens (tertiary/aromatic N) is 2. The summed E-state index contributed by atoms with van der Waals surface area (Å²) >= 11 is 0. The van der Waals surface area contributed by atoms with E-state index in [1.54, 1.807) is 41.8 Å². The van der Waals surface area contributed by atoms with Gasteiger partial charge in [-0.15, -0.1) is 0 Å². The maximum absolute atomic E-state index is 12.4. The van der Waals surface area contributed by atoms with Crippen molar-refractivity contribution >= 4 is 32.7 Å². The predicted octanol–water partition coefficient (Wildman–Crippen LogP) is 3.79. The molecule has 39 heavy (non-hydrogen) atoms. The summed E-state index contributed by atoms with van der Waals surface area (Å²) in [6, 6.07) is 15.0. The summed E-state index contributed by atoms with van der Waals surface area (Å²) in [7, 11) is -3.20. The minimum atomic E-state index is -3.20. The fourth-order valence-corrected chi connectivity index (χ4v) is 6.31. The van der Waals surface area contributed by atoms with Crippen LogP contribution < -0.4 is 11.1 Å². The average Bonchev–Trinajstić information content (AvgIpc) is 3.40. The number of carbonyl (C=O) groups excluding carboxylic acids is 2. The van der Waals surface area contributed by atoms with E-state index in [4.69, 9.17) is 5.73 Å². The maximum atomic E-state index is 12.4. The highest BCUT2D eigenvalue weighted by Gasteiger charge is 2.29. The SMILES string of the molecule is CCS(=O)(=O)N1CCC(c2c[nH]c3c(C(N)=O)cc(-c4ccc(CNC(=O)c5ccncc5)cc4)cc23)CC1. The minimum absolute atomic E-state index is 0.103. The second-order valence-corrected chi connectivity index (χ2v) is 12.0. The number of sulfonamides is 1. The summed E-state index contributed by atoms with van der Waals surface area (Å²) in [5.74, 6) is -0.415. The molecule has 2 aromatic heterocycles. The monoisotopic (exact) mass is 545 g/mol. The lowest BCUT2D eigenvalue weighted by molar-refractivity contribution is 0.0949. The van der Waals surface area contributed by atoms with Gasteiger partial charge < -0.3 is 16.0 Å². The van der Waals surface area contributed by atoms with E-state index in [9.17, 15) is 18.0 Å². The van der Waals surface area contributed by atoms with Crippen molar-refractivity contribution in [1.29, 1.82) is 0 Å². The van der Waals surface area contributed by atoms with Gasteiger partial charge in [-0.05, 0) is 72.2 Å². The van der Waals surface area contributed by atoms with Crippen LogP contribution in [-0.4, -0.2) is 53.3 Å². The summed E-state index contributed by atoms with van der Waals surface area (Å²) in [6.07, 6.45) is 6.50. The summed E-state index contributed by atoms with van der Waals surface area (Å²) in [5.41, 5.74) is 11.2. The van der Waals surface area contributed by atoms with Crippen molar-refractivity contribution in [3.05, 3.63) is 89.4 Å². The molecule has 2 aromatic carbocycles. The molecule has 4 aromatic rings. The molecule has 0 spiro atoms. The van der Waals surface area contributed by atoms with Crippen LogP contribution in [0.3, 0.4) is 0 Å². The van der Waals surface area contributed by atoms with Crippen LogP contribution in [0.5, 0.6) is 0 Å². The molecular formula is C29H31N5O4S. The number of hydrogen-bond donors (Lipinski definition) is 3. The number of nitrogens with two attached hydrogens (primary N) is 1. The number of primary amides is 1. The van der Waals surface area contributed by atoms with E-state index >= 15 is 0 Å². The number of hydrogen-bond acceptors (Lipinski definition) is 5. The highest BCUT2D eigenvalue weighted by Crippen LogP contribution is 2.37. The van der Waals surface area contributed by atoms with Gasteiger partial charge in [0.15, 0.2) is 0 Å². The molecule has 0 aliphatic carbocycles.